The SMILES string of the molecule is CCN(CCO)CC(=O)NCCC(C)(C)C. The summed E-state index contributed by atoms with van der Waals surface area (Å²) in [6, 6.07) is 0. The van der Waals surface area contributed by atoms with Crippen LogP contribution in [0.3, 0.4) is 0 Å². The fourth-order valence-electron chi connectivity index (χ4n) is 1.33. The van der Waals surface area contributed by atoms with Crippen LogP contribution in [0, 0.1) is 5.41 Å². The molecule has 0 heterocycles. The van der Waals surface area contributed by atoms with E-state index in [4.69, 9.17) is 5.11 Å². The van der Waals surface area contributed by atoms with Crippen molar-refractivity contribution in [1.29, 1.82) is 0 Å². The second-order valence-electron chi connectivity index (χ2n) is 5.25. The number of aliphatic hydroxyl groups is 1. The Labute approximate surface area is 99.0 Å². The van der Waals surface area contributed by atoms with Gasteiger partial charge in [0.05, 0.1) is 13.2 Å². The quantitative estimate of drug-likeness (QED) is 0.682. The van der Waals surface area contributed by atoms with Crippen molar-refractivity contribution in [1.82, 2.24) is 10.2 Å². The van der Waals surface area contributed by atoms with Gasteiger partial charge in [0.15, 0.2) is 0 Å². The molecule has 16 heavy (non-hydrogen) atoms. The molecule has 0 unspecified atom stereocenters. The number of nitrogens with one attached hydrogen (secondary N) is 1. The molecule has 0 aliphatic carbocycles. The van der Waals surface area contributed by atoms with Crippen molar-refractivity contribution in [2.45, 2.75) is 34.1 Å². The van der Waals surface area contributed by atoms with Crippen LogP contribution in [-0.4, -0.2) is 48.7 Å². The molecule has 0 fully saturated rings. The maximum Gasteiger partial charge on any atom is 0.234 e. The molecule has 0 spiro atoms. The molecule has 4 nitrogen and oxygen atoms in total. The normalized spacial score (nSPS) is 11.9. The van der Waals surface area contributed by atoms with Gasteiger partial charge in [-0.25, -0.2) is 0 Å². The van der Waals surface area contributed by atoms with E-state index in [0.29, 0.717) is 13.1 Å². The zero-order valence-electron chi connectivity index (χ0n) is 11.0. The van der Waals surface area contributed by atoms with Gasteiger partial charge >= 0.3 is 0 Å². The average molecular weight is 230 g/mol. The van der Waals surface area contributed by atoms with Gasteiger partial charge in [-0.3, -0.25) is 9.69 Å². The summed E-state index contributed by atoms with van der Waals surface area (Å²) < 4.78 is 0. The molecule has 0 saturated heterocycles. The summed E-state index contributed by atoms with van der Waals surface area (Å²) in [7, 11) is 0. The summed E-state index contributed by atoms with van der Waals surface area (Å²) in [6.45, 7) is 11.0. The molecule has 0 aromatic rings. The smallest absolute Gasteiger partial charge is 0.234 e. The lowest BCUT2D eigenvalue weighted by Crippen LogP contribution is -2.39. The van der Waals surface area contributed by atoms with Crippen LogP contribution in [0.5, 0.6) is 0 Å². The van der Waals surface area contributed by atoms with Gasteiger partial charge in [0.2, 0.25) is 5.91 Å². The predicted octanol–water partition coefficient (Wildman–Crippen LogP) is 0.853. The van der Waals surface area contributed by atoms with Crippen molar-refractivity contribution in [2.75, 3.05) is 32.8 Å². The number of likely N-dealkylation sites (N-methyl/N-ethyl adjacent to an activating group) is 1. The lowest BCUT2D eigenvalue weighted by Gasteiger charge is -2.20. The molecule has 1 amide bonds. The van der Waals surface area contributed by atoms with E-state index in [9.17, 15) is 4.79 Å². The summed E-state index contributed by atoms with van der Waals surface area (Å²) in [4.78, 5) is 13.5. The monoisotopic (exact) mass is 230 g/mol. The number of carbonyl (C=O) groups excluding carboxylic acids is 1. The number of amides is 1. The van der Waals surface area contributed by atoms with E-state index in [-0.39, 0.29) is 17.9 Å². The minimum absolute atomic E-state index is 0.0413. The van der Waals surface area contributed by atoms with Crippen LogP contribution in [0.1, 0.15) is 34.1 Å². The molecule has 0 aliphatic rings. The summed E-state index contributed by atoms with van der Waals surface area (Å²) in [5.41, 5.74) is 0.253. The third kappa shape index (κ3) is 8.68. The first-order valence-electron chi connectivity index (χ1n) is 5.99. The van der Waals surface area contributed by atoms with Crippen LogP contribution in [0.15, 0.2) is 0 Å². The van der Waals surface area contributed by atoms with Crippen LogP contribution in [0.2, 0.25) is 0 Å². The maximum atomic E-state index is 11.5. The molecular formula is C12H26N2O2. The van der Waals surface area contributed by atoms with Crippen molar-refractivity contribution < 1.29 is 9.90 Å². The first-order chi connectivity index (χ1) is 7.39. The van der Waals surface area contributed by atoms with E-state index < -0.39 is 0 Å². The van der Waals surface area contributed by atoms with E-state index in [1.165, 1.54) is 0 Å². The van der Waals surface area contributed by atoms with E-state index >= 15 is 0 Å². The Hall–Kier alpha value is -0.610. The van der Waals surface area contributed by atoms with Crippen molar-refractivity contribution in [3.8, 4) is 0 Å². The lowest BCUT2D eigenvalue weighted by molar-refractivity contribution is -0.122. The Bertz CT molecular complexity index is 200. The average Bonchev–Trinajstić information content (AvgIpc) is 2.15. The lowest BCUT2D eigenvalue weighted by atomic mass is 9.92. The van der Waals surface area contributed by atoms with Gasteiger partial charge in [-0.1, -0.05) is 27.7 Å². The highest BCUT2D eigenvalue weighted by Gasteiger charge is 2.11. The van der Waals surface area contributed by atoms with E-state index in [1.54, 1.807) is 0 Å². The molecule has 0 bridgehead atoms. The Balaban J connectivity index is 3.72. The van der Waals surface area contributed by atoms with Crippen LogP contribution >= 0.6 is 0 Å². The molecule has 0 rings (SSSR count). The number of hydrogen-bond donors (Lipinski definition) is 2. The van der Waals surface area contributed by atoms with Crippen molar-refractivity contribution >= 4 is 5.91 Å². The minimum atomic E-state index is 0.0413. The highest BCUT2D eigenvalue weighted by atomic mass is 16.3. The Kier molecular flexibility index (Phi) is 7.34. The molecule has 0 saturated carbocycles. The zero-order valence-corrected chi connectivity index (χ0v) is 11.0. The van der Waals surface area contributed by atoms with Crippen molar-refractivity contribution in [3.63, 3.8) is 0 Å². The highest BCUT2D eigenvalue weighted by Crippen LogP contribution is 2.16. The number of aliphatic hydroxyl groups excluding tert-OH is 1. The second kappa shape index (κ2) is 7.63. The highest BCUT2D eigenvalue weighted by molar-refractivity contribution is 5.77. The summed E-state index contributed by atoms with van der Waals surface area (Å²) in [5, 5.41) is 11.7. The van der Waals surface area contributed by atoms with Gasteiger partial charge in [0, 0.05) is 13.1 Å². The standard InChI is InChI=1S/C12H26N2O2/c1-5-14(8-9-15)10-11(16)13-7-6-12(2,3)4/h15H,5-10H2,1-4H3,(H,13,16). The van der Waals surface area contributed by atoms with Gasteiger partial charge in [-0.2, -0.15) is 0 Å². The molecular weight excluding hydrogens is 204 g/mol. The van der Waals surface area contributed by atoms with E-state index in [0.717, 1.165) is 19.5 Å². The molecule has 0 aliphatic heterocycles. The topological polar surface area (TPSA) is 52.6 Å². The van der Waals surface area contributed by atoms with Gasteiger partial charge in [-0.05, 0) is 18.4 Å². The van der Waals surface area contributed by atoms with Crippen LogP contribution in [0.4, 0.5) is 0 Å². The number of nitrogens with zero attached hydrogens (tertiary/aromatic N) is 1. The van der Waals surface area contributed by atoms with Gasteiger partial charge in [0.25, 0.3) is 0 Å². The van der Waals surface area contributed by atoms with Gasteiger partial charge in [0.1, 0.15) is 0 Å². The number of rotatable bonds is 7. The third-order valence-electron chi connectivity index (χ3n) is 2.43. The Morgan fingerprint density at radius 2 is 2.00 bits per heavy atom. The summed E-state index contributed by atoms with van der Waals surface area (Å²) >= 11 is 0. The fourth-order valence-corrected chi connectivity index (χ4v) is 1.33. The first kappa shape index (κ1) is 15.4. The molecule has 0 radical (unpaired) electrons. The van der Waals surface area contributed by atoms with Gasteiger partial charge in [-0.15, -0.1) is 0 Å². The van der Waals surface area contributed by atoms with E-state index in [1.807, 2.05) is 11.8 Å². The molecule has 4 heteroatoms. The number of hydrogen-bond acceptors (Lipinski definition) is 3. The fraction of sp³-hybridized carbons (Fsp3) is 0.917. The van der Waals surface area contributed by atoms with Crippen LogP contribution in [-0.2, 0) is 4.79 Å². The maximum absolute atomic E-state index is 11.5. The minimum Gasteiger partial charge on any atom is -0.395 e. The Morgan fingerprint density at radius 1 is 1.38 bits per heavy atom. The van der Waals surface area contributed by atoms with Crippen LogP contribution < -0.4 is 5.32 Å². The van der Waals surface area contributed by atoms with Gasteiger partial charge < -0.3 is 10.4 Å². The zero-order chi connectivity index (χ0) is 12.6. The molecule has 2 N–H and O–H groups in total. The molecule has 0 aromatic carbocycles. The van der Waals surface area contributed by atoms with Crippen LogP contribution in [0.25, 0.3) is 0 Å². The second-order valence-corrected chi connectivity index (χ2v) is 5.25. The van der Waals surface area contributed by atoms with Crippen molar-refractivity contribution in [3.05, 3.63) is 0 Å². The third-order valence-corrected chi connectivity index (χ3v) is 2.43. The summed E-state index contributed by atoms with van der Waals surface area (Å²) in [5.74, 6) is 0.0413. The largest absolute Gasteiger partial charge is 0.395 e. The van der Waals surface area contributed by atoms with E-state index in [2.05, 4.69) is 26.1 Å². The predicted molar refractivity (Wildman–Crippen MR) is 66.3 cm³/mol. The molecule has 0 aromatic heterocycles. The summed E-state index contributed by atoms with van der Waals surface area (Å²) in [6.07, 6.45) is 0.977. The number of carbonyl (C=O) groups is 1. The van der Waals surface area contributed by atoms with Crippen molar-refractivity contribution in [2.24, 2.45) is 5.41 Å². The Morgan fingerprint density at radius 3 is 2.44 bits per heavy atom. The first-order valence-corrected chi connectivity index (χ1v) is 5.99. The molecule has 0 atom stereocenters. The molecule has 96 valence electrons.